The number of aromatic amines is 1. The van der Waals surface area contributed by atoms with Crippen LogP contribution >= 0.6 is 23.6 Å². The SMILES string of the molecule is Cc1ccccc1N=Cc1sc(=S)[nH]c1O. The molecule has 1 heterocycles. The number of rotatable bonds is 2. The summed E-state index contributed by atoms with van der Waals surface area (Å²) in [5.74, 6) is 0.0762. The van der Waals surface area contributed by atoms with Crippen LogP contribution in [0.1, 0.15) is 10.4 Å². The van der Waals surface area contributed by atoms with Crippen LogP contribution in [0.4, 0.5) is 5.69 Å². The van der Waals surface area contributed by atoms with Crippen LogP contribution in [-0.4, -0.2) is 16.3 Å². The molecule has 82 valence electrons. The van der Waals surface area contributed by atoms with E-state index in [-0.39, 0.29) is 5.88 Å². The first kappa shape index (κ1) is 11.0. The van der Waals surface area contributed by atoms with Crippen LogP contribution in [-0.2, 0) is 0 Å². The highest BCUT2D eigenvalue weighted by molar-refractivity contribution is 7.73. The molecule has 1 aromatic heterocycles. The van der Waals surface area contributed by atoms with Crippen molar-refractivity contribution in [3.05, 3.63) is 38.7 Å². The number of aryl methyl sites for hydroxylation is 1. The number of aromatic hydroxyl groups is 1. The molecular weight excluding hydrogens is 240 g/mol. The number of para-hydroxylation sites is 1. The molecular formula is C11H10N2OS2. The zero-order valence-electron chi connectivity index (χ0n) is 8.60. The second kappa shape index (κ2) is 4.59. The molecule has 0 amide bonds. The van der Waals surface area contributed by atoms with Crippen LogP contribution < -0.4 is 0 Å². The lowest BCUT2D eigenvalue weighted by Crippen LogP contribution is -1.77. The summed E-state index contributed by atoms with van der Waals surface area (Å²) in [4.78, 5) is 7.61. The summed E-state index contributed by atoms with van der Waals surface area (Å²) in [7, 11) is 0. The molecule has 2 N–H and O–H groups in total. The Labute approximate surface area is 102 Å². The summed E-state index contributed by atoms with van der Waals surface area (Å²) >= 11 is 6.22. The second-order valence-corrected chi connectivity index (χ2v) is 4.99. The lowest BCUT2D eigenvalue weighted by Gasteiger charge is -1.97. The van der Waals surface area contributed by atoms with Gasteiger partial charge in [-0.15, -0.1) is 0 Å². The highest BCUT2D eigenvalue weighted by atomic mass is 32.1. The minimum atomic E-state index is 0.0762. The van der Waals surface area contributed by atoms with Gasteiger partial charge in [-0.25, -0.2) is 0 Å². The number of H-pyrrole nitrogens is 1. The summed E-state index contributed by atoms with van der Waals surface area (Å²) < 4.78 is 0.545. The molecule has 1 aromatic carbocycles. The number of hydrogen-bond donors (Lipinski definition) is 2. The van der Waals surface area contributed by atoms with Crippen molar-refractivity contribution in [3.8, 4) is 5.88 Å². The maximum Gasteiger partial charge on any atom is 0.209 e. The topological polar surface area (TPSA) is 48.4 Å². The van der Waals surface area contributed by atoms with Crippen LogP contribution in [0.5, 0.6) is 5.88 Å². The van der Waals surface area contributed by atoms with Crippen molar-refractivity contribution >= 4 is 35.5 Å². The Kier molecular flexibility index (Phi) is 3.17. The summed E-state index contributed by atoms with van der Waals surface area (Å²) in [5.41, 5.74) is 1.98. The Morgan fingerprint density at radius 2 is 2.19 bits per heavy atom. The lowest BCUT2D eigenvalue weighted by molar-refractivity contribution is 0.456. The van der Waals surface area contributed by atoms with Crippen LogP contribution in [0.15, 0.2) is 29.3 Å². The molecule has 0 saturated heterocycles. The molecule has 2 aromatic rings. The maximum absolute atomic E-state index is 9.48. The Bertz CT molecular complexity index is 584. The van der Waals surface area contributed by atoms with E-state index in [1.54, 1.807) is 6.21 Å². The van der Waals surface area contributed by atoms with Gasteiger partial charge in [0.2, 0.25) is 5.88 Å². The molecule has 0 spiro atoms. The van der Waals surface area contributed by atoms with Crippen LogP contribution in [0, 0.1) is 10.9 Å². The van der Waals surface area contributed by atoms with Crippen LogP contribution in [0.3, 0.4) is 0 Å². The van der Waals surface area contributed by atoms with Gasteiger partial charge in [-0.3, -0.25) is 4.99 Å². The standard InChI is InChI=1S/C11H10N2OS2/c1-7-4-2-3-5-8(7)12-6-9-10(14)13-11(15)16-9/h2-6,14H,1H3,(H,13,15). The van der Waals surface area contributed by atoms with E-state index in [9.17, 15) is 5.11 Å². The molecule has 0 bridgehead atoms. The van der Waals surface area contributed by atoms with Crippen molar-refractivity contribution in [2.24, 2.45) is 4.99 Å². The molecule has 16 heavy (non-hydrogen) atoms. The first-order valence-corrected chi connectivity index (χ1v) is 5.91. The van der Waals surface area contributed by atoms with E-state index in [4.69, 9.17) is 12.2 Å². The molecule has 2 rings (SSSR count). The number of hydrogen-bond acceptors (Lipinski definition) is 4. The predicted octanol–water partition coefficient (Wildman–Crippen LogP) is 3.57. The number of benzene rings is 1. The van der Waals surface area contributed by atoms with Gasteiger partial charge in [0.15, 0.2) is 3.95 Å². The number of aliphatic imine (C=N–C) groups is 1. The Morgan fingerprint density at radius 1 is 1.44 bits per heavy atom. The predicted molar refractivity (Wildman–Crippen MR) is 69.6 cm³/mol. The second-order valence-electron chi connectivity index (χ2n) is 3.27. The number of nitrogens with zero attached hydrogens (tertiary/aromatic N) is 1. The molecule has 0 aliphatic heterocycles. The molecule has 0 fully saturated rings. The monoisotopic (exact) mass is 250 g/mol. The van der Waals surface area contributed by atoms with Gasteiger partial charge in [0.1, 0.15) is 4.88 Å². The van der Waals surface area contributed by atoms with E-state index < -0.39 is 0 Å². The molecule has 0 unspecified atom stereocenters. The molecule has 3 nitrogen and oxygen atoms in total. The third kappa shape index (κ3) is 2.37. The van der Waals surface area contributed by atoms with E-state index in [0.29, 0.717) is 8.83 Å². The zero-order chi connectivity index (χ0) is 11.5. The third-order valence-electron chi connectivity index (χ3n) is 2.09. The quantitative estimate of drug-likeness (QED) is 0.632. The van der Waals surface area contributed by atoms with Crippen molar-refractivity contribution in [2.75, 3.05) is 0 Å². The maximum atomic E-state index is 9.48. The molecule has 0 radical (unpaired) electrons. The fourth-order valence-corrected chi connectivity index (χ4v) is 2.22. The van der Waals surface area contributed by atoms with Gasteiger partial charge in [0, 0.05) is 0 Å². The minimum Gasteiger partial charge on any atom is -0.494 e. The highest BCUT2D eigenvalue weighted by Gasteiger charge is 2.01. The van der Waals surface area contributed by atoms with Gasteiger partial charge in [-0.1, -0.05) is 29.5 Å². The summed E-state index contributed by atoms with van der Waals surface area (Å²) in [6, 6.07) is 7.81. The van der Waals surface area contributed by atoms with Crippen molar-refractivity contribution < 1.29 is 5.11 Å². The number of nitrogens with one attached hydrogen (secondary N) is 1. The van der Waals surface area contributed by atoms with Crippen molar-refractivity contribution in [1.82, 2.24) is 4.98 Å². The number of aromatic nitrogens is 1. The fourth-order valence-electron chi connectivity index (χ4n) is 1.26. The summed E-state index contributed by atoms with van der Waals surface area (Å²) in [6.07, 6.45) is 1.62. The summed E-state index contributed by atoms with van der Waals surface area (Å²) in [6.45, 7) is 1.99. The molecule has 0 aliphatic rings. The van der Waals surface area contributed by atoms with E-state index in [1.807, 2.05) is 31.2 Å². The lowest BCUT2D eigenvalue weighted by atomic mass is 10.2. The van der Waals surface area contributed by atoms with Crippen LogP contribution in [0.2, 0.25) is 0 Å². The molecule has 5 heteroatoms. The Hall–Kier alpha value is -1.46. The zero-order valence-corrected chi connectivity index (χ0v) is 10.2. The van der Waals surface area contributed by atoms with Gasteiger partial charge in [-0.2, -0.15) is 0 Å². The normalized spacial score (nSPS) is 11.1. The van der Waals surface area contributed by atoms with Crippen molar-refractivity contribution in [1.29, 1.82) is 0 Å². The van der Waals surface area contributed by atoms with Gasteiger partial charge < -0.3 is 10.1 Å². The smallest absolute Gasteiger partial charge is 0.209 e. The van der Waals surface area contributed by atoms with Crippen molar-refractivity contribution in [2.45, 2.75) is 6.92 Å². The van der Waals surface area contributed by atoms with Gasteiger partial charge in [0.25, 0.3) is 0 Å². The molecule has 0 aliphatic carbocycles. The van der Waals surface area contributed by atoms with E-state index >= 15 is 0 Å². The van der Waals surface area contributed by atoms with E-state index in [2.05, 4.69) is 9.98 Å². The Morgan fingerprint density at radius 3 is 2.81 bits per heavy atom. The highest BCUT2D eigenvalue weighted by Crippen LogP contribution is 2.21. The van der Waals surface area contributed by atoms with Gasteiger partial charge >= 0.3 is 0 Å². The third-order valence-corrected chi connectivity index (χ3v) is 3.25. The van der Waals surface area contributed by atoms with Gasteiger partial charge in [-0.05, 0) is 30.8 Å². The van der Waals surface area contributed by atoms with Gasteiger partial charge in [0.05, 0.1) is 11.9 Å². The van der Waals surface area contributed by atoms with Crippen LogP contribution in [0.25, 0.3) is 0 Å². The largest absolute Gasteiger partial charge is 0.494 e. The van der Waals surface area contributed by atoms with Crippen molar-refractivity contribution in [3.63, 3.8) is 0 Å². The minimum absolute atomic E-state index is 0.0762. The molecule has 0 saturated carbocycles. The average molecular weight is 250 g/mol. The Balaban J connectivity index is 2.32. The summed E-state index contributed by atoms with van der Waals surface area (Å²) in [5, 5.41) is 9.48. The molecule has 0 atom stereocenters. The first-order chi connectivity index (χ1) is 7.66. The van der Waals surface area contributed by atoms with E-state index in [0.717, 1.165) is 11.3 Å². The number of thiazole rings is 1. The van der Waals surface area contributed by atoms with E-state index in [1.165, 1.54) is 11.3 Å². The first-order valence-electron chi connectivity index (χ1n) is 4.68. The average Bonchev–Trinajstić information content (AvgIpc) is 2.56. The fraction of sp³-hybridized carbons (Fsp3) is 0.0909.